The Morgan fingerprint density at radius 2 is 2.00 bits per heavy atom. The van der Waals surface area contributed by atoms with Crippen LogP contribution in [0, 0.1) is 11.8 Å². The molecule has 2 N–H and O–H groups in total. The van der Waals surface area contributed by atoms with Crippen LogP contribution in [0.4, 0.5) is 5.95 Å². The van der Waals surface area contributed by atoms with Crippen molar-refractivity contribution in [2.75, 3.05) is 5.73 Å². The predicted octanol–water partition coefficient (Wildman–Crippen LogP) is 3.97. The Hall–Kier alpha value is -3.15. The Balaban J connectivity index is 1.80. The fraction of sp³-hybridized carbons (Fsp3) is 0.250. The number of aryl methyl sites for hydroxylation is 1. The molecule has 0 aliphatic heterocycles. The molecule has 6 heteroatoms. The Morgan fingerprint density at radius 1 is 1.15 bits per heavy atom. The molecule has 0 saturated heterocycles. The van der Waals surface area contributed by atoms with E-state index in [0.29, 0.717) is 12.8 Å². The molecule has 26 heavy (non-hydrogen) atoms. The molecule has 0 fully saturated rings. The number of pyridine rings is 1. The van der Waals surface area contributed by atoms with E-state index in [1.54, 1.807) is 6.20 Å². The summed E-state index contributed by atoms with van der Waals surface area (Å²) in [6, 6.07) is 11.8. The summed E-state index contributed by atoms with van der Waals surface area (Å²) in [5, 5.41) is 3.37. The van der Waals surface area contributed by atoms with Gasteiger partial charge in [-0.15, -0.1) is 0 Å². The third-order valence-electron chi connectivity index (χ3n) is 5.01. The maximum atomic E-state index is 11.5. The first-order valence-electron chi connectivity index (χ1n) is 8.62. The minimum Gasteiger partial charge on any atom is -0.368 e. The first kappa shape index (κ1) is 16.3. The van der Waals surface area contributed by atoms with Gasteiger partial charge in [0.1, 0.15) is 6.04 Å². The van der Waals surface area contributed by atoms with Gasteiger partial charge in [0, 0.05) is 29.2 Å². The minimum absolute atomic E-state index is 0.135. The number of hydrogen-bond donors (Lipinski definition) is 1. The highest BCUT2D eigenvalue weighted by atomic mass is 16.3. The lowest BCUT2D eigenvalue weighted by Gasteiger charge is -2.29. The zero-order valence-corrected chi connectivity index (χ0v) is 14.5. The van der Waals surface area contributed by atoms with Crippen LogP contribution in [-0.2, 0) is 6.42 Å². The lowest BCUT2D eigenvalue weighted by molar-refractivity contribution is 0.490. The van der Waals surface area contributed by atoms with Gasteiger partial charge in [0.2, 0.25) is 5.95 Å². The number of benzene rings is 1. The van der Waals surface area contributed by atoms with Crippen LogP contribution >= 0.6 is 0 Å². The van der Waals surface area contributed by atoms with Crippen LogP contribution < -0.4 is 5.73 Å². The van der Waals surface area contributed by atoms with Crippen LogP contribution in [0.5, 0.6) is 0 Å². The number of hydrogen-bond acceptors (Lipinski definition) is 6. The van der Waals surface area contributed by atoms with Gasteiger partial charge in [-0.25, -0.2) is 9.97 Å². The molecule has 0 saturated carbocycles. The maximum absolute atomic E-state index is 11.5. The smallest absolute Gasteiger partial charge is 0.220 e. The number of nitrogens with zero attached hydrogens (tertiary/aromatic N) is 4. The molecule has 0 spiro atoms. The SMILES string of the molecule is Cc1nc(N)nc2c1C(N=O)CC(c1ccccc1-c1cccnc1)C2. The van der Waals surface area contributed by atoms with Crippen LogP contribution in [0.1, 0.15) is 40.9 Å². The molecule has 1 aliphatic carbocycles. The summed E-state index contributed by atoms with van der Waals surface area (Å²) in [5.74, 6) is 0.377. The quantitative estimate of drug-likeness (QED) is 0.725. The Morgan fingerprint density at radius 3 is 2.77 bits per heavy atom. The van der Waals surface area contributed by atoms with Gasteiger partial charge in [-0.05, 0) is 42.9 Å². The number of fused-ring (bicyclic) bond motifs is 1. The molecule has 0 bridgehead atoms. The van der Waals surface area contributed by atoms with Crippen LogP contribution in [0.3, 0.4) is 0 Å². The molecule has 2 unspecified atom stereocenters. The van der Waals surface area contributed by atoms with Gasteiger partial charge in [0.25, 0.3) is 0 Å². The van der Waals surface area contributed by atoms with Crippen molar-refractivity contribution in [3.63, 3.8) is 0 Å². The summed E-state index contributed by atoms with van der Waals surface area (Å²) in [4.78, 5) is 24.4. The molecule has 0 amide bonds. The van der Waals surface area contributed by atoms with Crippen LogP contribution in [0.2, 0.25) is 0 Å². The second-order valence-electron chi connectivity index (χ2n) is 6.61. The topological polar surface area (TPSA) is 94.1 Å². The van der Waals surface area contributed by atoms with Crippen molar-refractivity contribution in [2.24, 2.45) is 5.18 Å². The van der Waals surface area contributed by atoms with E-state index < -0.39 is 6.04 Å². The molecule has 2 heterocycles. The molecular weight excluding hydrogens is 326 g/mol. The Labute approximate surface area is 151 Å². The second kappa shape index (κ2) is 6.63. The van der Waals surface area contributed by atoms with Gasteiger partial charge in [0.15, 0.2) is 0 Å². The lowest BCUT2D eigenvalue weighted by Crippen LogP contribution is -2.21. The number of nitrogen functional groups attached to an aromatic ring is 1. The van der Waals surface area contributed by atoms with Gasteiger partial charge in [-0.1, -0.05) is 35.5 Å². The fourth-order valence-electron chi connectivity index (χ4n) is 3.93. The van der Waals surface area contributed by atoms with Crippen molar-refractivity contribution in [1.29, 1.82) is 0 Å². The molecule has 130 valence electrons. The zero-order valence-electron chi connectivity index (χ0n) is 14.5. The standard InChI is InChI=1S/C20H19N5O/c1-12-19-17(24-20(21)23-12)9-14(10-18(19)25-26)16-7-3-2-6-15(16)13-5-4-8-22-11-13/h2-8,11,14,18H,9-10H2,1H3,(H2,21,23,24). The number of rotatable bonds is 3. The molecule has 6 nitrogen and oxygen atoms in total. The average Bonchev–Trinajstić information content (AvgIpc) is 2.67. The van der Waals surface area contributed by atoms with Crippen LogP contribution in [0.25, 0.3) is 11.1 Å². The summed E-state index contributed by atoms with van der Waals surface area (Å²) in [5.41, 5.74) is 11.6. The highest BCUT2D eigenvalue weighted by Gasteiger charge is 2.33. The van der Waals surface area contributed by atoms with E-state index in [-0.39, 0.29) is 11.9 Å². The number of nitroso groups, excluding NO2 is 1. The summed E-state index contributed by atoms with van der Waals surface area (Å²) >= 11 is 0. The largest absolute Gasteiger partial charge is 0.368 e. The minimum atomic E-state index is -0.452. The molecule has 3 aromatic rings. The number of aromatic nitrogens is 3. The molecule has 4 rings (SSSR count). The number of nitrogens with two attached hydrogens (primary N) is 1. The highest BCUT2D eigenvalue weighted by Crippen LogP contribution is 2.43. The van der Waals surface area contributed by atoms with Crippen molar-refractivity contribution in [1.82, 2.24) is 15.0 Å². The van der Waals surface area contributed by atoms with E-state index in [1.165, 1.54) is 5.56 Å². The second-order valence-corrected chi connectivity index (χ2v) is 6.61. The fourth-order valence-corrected chi connectivity index (χ4v) is 3.93. The van der Waals surface area contributed by atoms with Gasteiger partial charge < -0.3 is 5.73 Å². The van der Waals surface area contributed by atoms with E-state index >= 15 is 0 Å². The predicted molar refractivity (Wildman–Crippen MR) is 100 cm³/mol. The lowest BCUT2D eigenvalue weighted by atomic mass is 9.77. The van der Waals surface area contributed by atoms with Gasteiger partial charge in [-0.3, -0.25) is 4.98 Å². The zero-order chi connectivity index (χ0) is 18.1. The number of anilines is 1. The van der Waals surface area contributed by atoms with Gasteiger partial charge in [0.05, 0.1) is 5.69 Å². The van der Waals surface area contributed by atoms with Gasteiger partial charge in [-0.2, -0.15) is 4.91 Å². The van der Waals surface area contributed by atoms with Crippen LogP contribution in [0.15, 0.2) is 54.0 Å². The monoisotopic (exact) mass is 345 g/mol. The molecular formula is C20H19N5O. The van der Waals surface area contributed by atoms with Crippen molar-refractivity contribution in [3.8, 4) is 11.1 Å². The first-order valence-corrected chi connectivity index (χ1v) is 8.62. The maximum Gasteiger partial charge on any atom is 0.220 e. The molecule has 2 aromatic heterocycles. The Kier molecular flexibility index (Phi) is 4.16. The van der Waals surface area contributed by atoms with Crippen molar-refractivity contribution < 1.29 is 0 Å². The molecule has 2 atom stereocenters. The van der Waals surface area contributed by atoms with Gasteiger partial charge >= 0.3 is 0 Å². The van der Waals surface area contributed by atoms with Crippen LogP contribution in [-0.4, -0.2) is 15.0 Å². The Bertz CT molecular complexity index is 958. The first-order chi connectivity index (χ1) is 12.7. The van der Waals surface area contributed by atoms with E-state index in [9.17, 15) is 4.91 Å². The van der Waals surface area contributed by atoms with Crippen molar-refractivity contribution in [2.45, 2.75) is 31.7 Å². The third kappa shape index (κ3) is 2.83. The van der Waals surface area contributed by atoms with Crippen molar-refractivity contribution in [3.05, 3.63) is 76.2 Å². The summed E-state index contributed by atoms with van der Waals surface area (Å²) < 4.78 is 0. The normalized spacial score (nSPS) is 19.0. The van der Waals surface area contributed by atoms with E-state index in [0.717, 1.165) is 28.1 Å². The summed E-state index contributed by atoms with van der Waals surface area (Å²) in [7, 11) is 0. The molecule has 1 aliphatic rings. The molecule has 1 aromatic carbocycles. The van der Waals surface area contributed by atoms with Crippen molar-refractivity contribution >= 4 is 5.95 Å². The molecule has 0 radical (unpaired) electrons. The average molecular weight is 345 g/mol. The summed E-state index contributed by atoms with van der Waals surface area (Å²) in [6.07, 6.45) is 4.97. The van der Waals surface area contributed by atoms with E-state index in [2.05, 4.69) is 32.3 Å². The van der Waals surface area contributed by atoms with E-state index in [1.807, 2.05) is 37.4 Å². The van der Waals surface area contributed by atoms with E-state index in [4.69, 9.17) is 5.73 Å². The third-order valence-corrected chi connectivity index (χ3v) is 5.01. The summed E-state index contributed by atoms with van der Waals surface area (Å²) in [6.45, 7) is 1.86. The highest BCUT2D eigenvalue weighted by molar-refractivity contribution is 5.67.